The summed E-state index contributed by atoms with van der Waals surface area (Å²) in [7, 11) is 0. The van der Waals surface area contributed by atoms with Crippen LogP contribution in [0.4, 0.5) is 4.39 Å². The molecular weight excluding hydrogens is 396 g/mol. The molecule has 0 aliphatic rings. The van der Waals surface area contributed by atoms with E-state index in [0.29, 0.717) is 14.9 Å². The molecule has 1 N–H and O–H groups in total. The fourth-order valence-corrected chi connectivity index (χ4v) is 3.32. The van der Waals surface area contributed by atoms with Crippen molar-refractivity contribution in [2.24, 2.45) is 0 Å². The highest BCUT2D eigenvalue weighted by atomic mass is 127. The first-order valence-electron chi connectivity index (χ1n) is 5.60. The summed E-state index contributed by atoms with van der Waals surface area (Å²) in [5.74, 6) is -0.218. The lowest BCUT2D eigenvalue weighted by Gasteiger charge is -2.03. The van der Waals surface area contributed by atoms with Crippen LogP contribution < -0.4 is 0 Å². The van der Waals surface area contributed by atoms with Crippen molar-refractivity contribution in [3.05, 3.63) is 42.9 Å². The predicted molar refractivity (Wildman–Crippen MR) is 85.6 cm³/mol. The number of halogens is 2. The Kier molecular flexibility index (Phi) is 3.68. The Morgan fingerprint density at radius 2 is 2.32 bits per heavy atom. The first-order valence-corrected chi connectivity index (χ1v) is 8.03. The van der Waals surface area contributed by atoms with Crippen LogP contribution in [0.2, 0.25) is 0 Å². The minimum Gasteiger partial charge on any atom is -0.331 e. The molecule has 0 atom stereocenters. The molecule has 0 fully saturated rings. The molecule has 0 spiro atoms. The van der Waals surface area contributed by atoms with Gasteiger partial charge >= 0.3 is 0 Å². The highest BCUT2D eigenvalue weighted by Gasteiger charge is 2.09. The van der Waals surface area contributed by atoms with E-state index in [1.54, 1.807) is 17.4 Å². The Balaban J connectivity index is 2.00. The van der Waals surface area contributed by atoms with Crippen LogP contribution in [0.1, 0.15) is 5.69 Å². The molecule has 3 aromatic rings. The Bertz CT molecular complexity index is 776. The van der Waals surface area contributed by atoms with E-state index in [1.807, 2.05) is 38.0 Å². The van der Waals surface area contributed by atoms with Gasteiger partial charge in [0.15, 0.2) is 4.77 Å². The number of aryl methyl sites for hydroxylation is 2. The monoisotopic (exact) mass is 405 g/mol. The summed E-state index contributed by atoms with van der Waals surface area (Å²) in [4.78, 5) is 7.36. The number of benzene rings is 1. The van der Waals surface area contributed by atoms with Crippen LogP contribution in [0.5, 0.6) is 0 Å². The van der Waals surface area contributed by atoms with Crippen LogP contribution in [0.15, 0.2) is 23.0 Å². The average Bonchev–Trinajstić information content (AvgIpc) is 2.96. The van der Waals surface area contributed by atoms with Gasteiger partial charge in [-0.25, -0.2) is 9.37 Å². The maximum absolute atomic E-state index is 13.7. The van der Waals surface area contributed by atoms with Crippen molar-refractivity contribution in [3.63, 3.8) is 0 Å². The van der Waals surface area contributed by atoms with Gasteiger partial charge in [0.25, 0.3) is 0 Å². The number of hydrogen-bond donors (Lipinski definition) is 1. The molecule has 0 bridgehead atoms. The molecule has 0 unspecified atom stereocenters. The van der Waals surface area contributed by atoms with Crippen molar-refractivity contribution in [1.29, 1.82) is 0 Å². The number of H-pyrrole nitrogens is 1. The van der Waals surface area contributed by atoms with Gasteiger partial charge in [-0.1, -0.05) is 0 Å². The van der Waals surface area contributed by atoms with Gasteiger partial charge < -0.3 is 9.55 Å². The normalized spacial score (nSPS) is 11.3. The first-order chi connectivity index (χ1) is 9.15. The maximum atomic E-state index is 13.7. The van der Waals surface area contributed by atoms with Crippen LogP contribution >= 0.6 is 46.1 Å². The molecule has 2 aromatic heterocycles. The molecule has 0 aliphatic heterocycles. The largest absolute Gasteiger partial charge is 0.331 e. The smallest absolute Gasteiger partial charge is 0.178 e. The van der Waals surface area contributed by atoms with Crippen molar-refractivity contribution in [2.75, 3.05) is 0 Å². The lowest BCUT2D eigenvalue weighted by Crippen LogP contribution is -2.01. The summed E-state index contributed by atoms with van der Waals surface area (Å²) in [5, 5.41) is 2.02. The Labute approximate surface area is 131 Å². The summed E-state index contributed by atoms with van der Waals surface area (Å²) in [6, 6.07) is 3.31. The summed E-state index contributed by atoms with van der Waals surface area (Å²) in [6.45, 7) is 0.697. The molecule has 3 rings (SSSR count). The Morgan fingerprint density at radius 3 is 3.05 bits per heavy atom. The summed E-state index contributed by atoms with van der Waals surface area (Å²) in [6.07, 6.45) is 0.790. The van der Waals surface area contributed by atoms with E-state index in [9.17, 15) is 4.39 Å². The molecule has 1 aromatic carbocycles. The Hall–Kier alpha value is -0.800. The number of imidazole rings is 1. The highest BCUT2D eigenvalue weighted by Crippen LogP contribution is 2.21. The van der Waals surface area contributed by atoms with Gasteiger partial charge in [0, 0.05) is 24.4 Å². The number of fused-ring (bicyclic) bond motifs is 1. The zero-order chi connectivity index (χ0) is 13.4. The molecule has 0 radical (unpaired) electrons. The van der Waals surface area contributed by atoms with Gasteiger partial charge in [-0.15, -0.1) is 11.3 Å². The van der Waals surface area contributed by atoms with Gasteiger partial charge in [-0.05, 0) is 40.9 Å². The van der Waals surface area contributed by atoms with Gasteiger partial charge in [-0.3, -0.25) is 0 Å². The van der Waals surface area contributed by atoms with E-state index in [2.05, 4.69) is 9.97 Å². The third-order valence-corrected chi connectivity index (χ3v) is 4.68. The molecule has 2 heterocycles. The second-order valence-electron chi connectivity index (χ2n) is 4.10. The van der Waals surface area contributed by atoms with Crippen molar-refractivity contribution < 1.29 is 4.39 Å². The number of nitrogens with one attached hydrogen (secondary N) is 1. The lowest BCUT2D eigenvalue weighted by molar-refractivity contribution is 0.620. The van der Waals surface area contributed by atoms with Gasteiger partial charge in [-0.2, -0.15) is 0 Å². The predicted octanol–water partition coefficient (Wildman–Crippen LogP) is 4.14. The third kappa shape index (κ3) is 2.59. The van der Waals surface area contributed by atoms with E-state index in [-0.39, 0.29) is 5.82 Å². The van der Waals surface area contributed by atoms with Crippen LogP contribution in [0.25, 0.3) is 11.0 Å². The SMILES string of the molecule is Fc1cc2c(cc1I)[nH]c(=S)n2CCc1cscn1. The van der Waals surface area contributed by atoms with Crippen molar-refractivity contribution in [3.8, 4) is 0 Å². The van der Waals surface area contributed by atoms with E-state index in [4.69, 9.17) is 12.2 Å². The topological polar surface area (TPSA) is 33.6 Å². The second kappa shape index (κ2) is 5.29. The standard InChI is InChI=1S/C12H9FIN3S2/c13-8-3-11-10(4-9(8)14)16-12(18)17(11)2-1-7-5-19-6-15-7/h3-6H,1-2H2,(H,16,18). The zero-order valence-electron chi connectivity index (χ0n) is 9.69. The minimum absolute atomic E-state index is 0.218. The zero-order valence-corrected chi connectivity index (χ0v) is 13.5. The molecule has 0 amide bonds. The Morgan fingerprint density at radius 1 is 1.47 bits per heavy atom. The molecule has 0 saturated heterocycles. The van der Waals surface area contributed by atoms with Gasteiger partial charge in [0.2, 0.25) is 0 Å². The first kappa shape index (κ1) is 13.2. The number of hydrogen-bond acceptors (Lipinski definition) is 3. The van der Waals surface area contributed by atoms with Crippen molar-refractivity contribution in [1.82, 2.24) is 14.5 Å². The fourth-order valence-electron chi connectivity index (χ4n) is 1.96. The van der Waals surface area contributed by atoms with Crippen LogP contribution in [-0.2, 0) is 13.0 Å². The van der Waals surface area contributed by atoms with Gasteiger partial charge in [0.05, 0.1) is 25.8 Å². The summed E-state index contributed by atoms with van der Waals surface area (Å²) in [5.41, 5.74) is 4.52. The number of nitrogens with zero attached hydrogens (tertiary/aromatic N) is 2. The van der Waals surface area contributed by atoms with E-state index in [0.717, 1.165) is 23.1 Å². The summed E-state index contributed by atoms with van der Waals surface area (Å²) < 4.78 is 16.8. The molecule has 0 saturated carbocycles. The second-order valence-corrected chi connectivity index (χ2v) is 6.36. The number of thiazole rings is 1. The van der Waals surface area contributed by atoms with Gasteiger partial charge in [0.1, 0.15) is 5.82 Å². The van der Waals surface area contributed by atoms with Crippen LogP contribution in [0, 0.1) is 14.2 Å². The molecule has 3 nitrogen and oxygen atoms in total. The molecule has 0 aliphatic carbocycles. The lowest BCUT2D eigenvalue weighted by atomic mass is 10.3. The van der Waals surface area contributed by atoms with E-state index >= 15 is 0 Å². The highest BCUT2D eigenvalue weighted by molar-refractivity contribution is 14.1. The minimum atomic E-state index is -0.218. The summed E-state index contributed by atoms with van der Waals surface area (Å²) >= 11 is 8.85. The quantitative estimate of drug-likeness (QED) is 0.525. The molecule has 19 heavy (non-hydrogen) atoms. The van der Waals surface area contributed by atoms with E-state index in [1.165, 1.54) is 6.07 Å². The molecule has 7 heteroatoms. The average molecular weight is 405 g/mol. The fraction of sp³-hybridized carbons (Fsp3) is 0.167. The third-order valence-electron chi connectivity index (χ3n) is 2.89. The van der Waals surface area contributed by atoms with Crippen molar-refractivity contribution >= 4 is 57.2 Å². The molecular formula is C12H9FIN3S2. The van der Waals surface area contributed by atoms with Crippen molar-refractivity contribution in [2.45, 2.75) is 13.0 Å². The van der Waals surface area contributed by atoms with Crippen LogP contribution in [-0.4, -0.2) is 14.5 Å². The number of aromatic nitrogens is 3. The van der Waals surface area contributed by atoms with E-state index < -0.39 is 0 Å². The number of rotatable bonds is 3. The molecule has 98 valence electrons. The maximum Gasteiger partial charge on any atom is 0.178 e. The van der Waals surface area contributed by atoms with Crippen LogP contribution in [0.3, 0.4) is 0 Å². The number of aromatic amines is 1.